The lowest BCUT2D eigenvalue weighted by Crippen LogP contribution is -2.54. The molecular weight excluding hydrogens is 432 g/mol. The third-order valence-corrected chi connectivity index (χ3v) is 7.03. The first-order chi connectivity index (χ1) is 14.3. The van der Waals surface area contributed by atoms with E-state index in [4.69, 9.17) is 0 Å². The quantitative estimate of drug-likeness (QED) is 0.661. The minimum Gasteiger partial charge on any atom is -0.325 e. The Morgan fingerprint density at radius 1 is 1.23 bits per heavy atom. The Morgan fingerprint density at radius 2 is 1.84 bits per heavy atom. The molecule has 1 aliphatic heterocycles. The highest BCUT2D eigenvalue weighted by molar-refractivity contribution is 7.91. The number of anilines is 1. The molecule has 11 heteroatoms. The maximum Gasteiger partial charge on any atom is 0.341 e. The van der Waals surface area contributed by atoms with Crippen LogP contribution in [0.25, 0.3) is 0 Å². The summed E-state index contributed by atoms with van der Waals surface area (Å²) in [5, 5.41) is 5.22. The molecule has 0 bridgehead atoms. The smallest absolute Gasteiger partial charge is 0.325 e. The fourth-order valence-corrected chi connectivity index (χ4v) is 5.55. The van der Waals surface area contributed by atoms with Gasteiger partial charge in [0.1, 0.15) is 12.1 Å². The van der Waals surface area contributed by atoms with E-state index in [9.17, 15) is 31.6 Å². The van der Waals surface area contributed by atoms with Crippen molar-refractivity contribution in [2.45, 2.75) is 56.2 Å². The van der Waals surface area contributed by atoms with Crippen LogP contribution in [0.1, 0.15) is 40.0 Å². The first-order valence-corrected chi connectivity index (χ1v) is 11.4. The zero-order valence-electron chi connectivity index (χ0n) is 17.4. The van der Waals surface area contributed by atoms with Gasteiger partial charge in [0, 0.05) is 5.69 Å². The van der Waals surface area contributed by atoms with Crippen LogP contribution in [0, 0.1) is 11.3 Å². The van der Waals surface area contributed by atoms with Crippen LogP contribution >= 0.6 is 0 Å². The van der Waals surface area contributed by atoms with E-state index >= 15 is 0 Å². The monoisotopic (exact) mass is 457 g/mol. The summed E-state index contributed by atoms with van der Waals surface area (Å²) in [6, 6.07) is 3.58. The SMILES string of the molecule is C[C@H]1CC(C)(C)C[C@@]2(C1)NC(=O)N(CC(=O)Nc1ccc(S(=O)(=O)C(F)F)cc1)C2=O. The van der Waals surface area contributed by atoms with E-state index in [1.807, 2.05) is 20.8 Å². The van der Waals surface area contributed by atoms with Gasteiger partial charge in [0.05, 0.1) is 4.90 Å². The maximum absolute atomic E-state index is 13.1. The summed E-state index contributed by atoms with van der Waals surface area (Å²) >= 11 is 0. The molecule has 2 atom stereocenters. The number of nitrogens with zero attached hydrogens (tertiary/aromatic N) is 1. The normalized spacial score (nSPS) is 25.7. The maximum atomic E-state index is 13.1. The second-order valence-corrected chi connectivity index (χ2v) is 11.1. The van der Waals surface area contributed by atoms with E-state index in [0.717, 1.165) is 35.6 Å². The highest BCUT2D eigenvalue weighted by Crippen LogP contribution is 2.46. The number of alkyl halides is 2. The number of carbonyl (C=O) groups excluding carboxylic acids is 3. The number of amides is 4. The predicted molar refractivity (Wildman–Crippen MR) is 108 cm³/mol. The molecule has 0 radical (unpaired) electrons. The molecule has 1 spiro atoms. The number of hydrogen-bond acceptors (Lipinski definition) is 5. The van der Waals surface area contributed by atoms with Gasteiger partial charge in [0.15, 0.2) is 0 Å². The largest absolute Gasteiger partial charge is 0.341 e. The lowest BCUT2D eigenvalue weighted by molar-refractivity contribution is -0.136. The van der Waals surface area contributed by atoms with Crippen LogP contribution < -0.4 is 10.6 Å². The van der Waals surface area contributed by atoms with Gasteiger partial charge >= 0.3 is 11.8 Å². The van der Waals surface area contributed by atoms with Crippen LogP contribution in [0.3, 0.4) is 0 Å². The minimum atomic E-state index is -4.74. The number of urea groups is 1. The second kappa shape index (κ2) is 7.85. The second-order valence-electron chi connectivity index (χ2n) is 9.14. The van der Waals surface area contributed by atoms with Gasteiger partial charge in [-0.2, -0.15) is 8.78 Å². The Kier molecular flexibility index (Phi) is 5.85. The van der Waals surface area contributed by atoms with Crippen LogP contribution in [0.15, 0.2) is 29.2 Å². The first kappa shape index (κ1) is 23.1. The minimum absolute atomic E-state index is 0.140. The Bertz CT molecular complexity index is 1010. The van der Waals surface area contributed by atoms with Crippen LogP contribution in [-0.4, -0.2) is 49.0 Å². The molecule has 1 aromatic carbocycles. The number of benzene rings is 1. The summed E-state index contributed by atoms with van der Waals surface area (Å²) in [7, 11) is -4.74. The van der Waals surface area contributed by atoms with Crippen molar-refractivity contribution >= 4 is 33.4 Å². The van der Waals surface area contributed by atoms with Gasteiger partial charge in [-0.25, -0.2) is 13.2 Å². The van der Waals surface area contributed by atoms with Crippen molar-refractivity contribution in [3.8, 4) is 0 Å². The molecule has 1 heterocycles. The standard InChI is InChI=1S/C20H25F2N3O5S/c1-12-8-19(2,3)11-20(9-12)16(27)25(18(28)24-20)10-15(26)23-13-4-6-14(7-5-13)31(29,30)17(21)22/h4-7,12,17H,8-11H2,1-3H3,(H,23,26)(H,24,28)/t12-,20+/m0/s1. The van der Waals surface area contributed by atoms with Crippen LogP contribution in [0.4, 0.5) is 19.3 Å². The number of nitrogens with one attached hydrogen (secondary N) is 2. The number of hydrogen-bond donors (Lipinski definition) is 2. The highest BCUT2D eigenvalue weighted by Gasteiger charge is 2.56. The molecule has 3 rings (SSSR count). The number of halogens is 2. The molecular formula is C20H25F2N3O5S. The molecule has 1 saturated carbocycles. The summed E-state index contributed by atoms with van der Waals surface area (Å²) < 4.78 is 48.1. The molecule has 1 saturated heterocycles. The average Bonchev–Trinajstić information content (AvgIpc) is 2.83. The van der Waals surface area contributed by atoms with Gasteiger partial charge in [0.2, 0.25) is 15.7 Å². The Morgan fingerprint density at radius 3 is 2.39 bits per heavy atom. The lowest BCUT2D eigenvalue weighted by atomic mass is 9.64. The zero-order valence-corrected chi connectivity index (χ0v) is 18.3. The molecule has 0 aromatic heterocycles. The summed E-state index contributed by atoms with van der Waals surface area (Å²) in [6.45, 7) is 5.59. The molecule has 170 valence electrons. The van der Waals surface area contributed by atoms with E-state index in [1.165, 1.54) is 0 Å². The van der Waals surface area contributed by atoms with Crippen molar-refractivity contribution in [2.24, 2.45) is 11.3 Å². The summed E-state index contributed by atoms with van der Waals surface area (Å²) in [6.07, 6.45) is 1.90. The van der Waals surface area contributed by atoms with E-state index in [0.29, 0.717) is 12.8 Å². The van der Waals surface area contributed by atoms with Crippen molar-refractivity contribution in [3.05, 3.63) is 24.3 Å². The van der Waals surface area contributed by atoms with Crippen molar-refractivity contribution in [1.82, 2.24) is 10.2 Å². The zero-order chi connectivity index (χ0) is 23.2. The average molecular weight is 457 g/mol. The molecule has 2 fully saturated rings. The molecule has 2 aliphatic rings. The highest BCUT2D eigenvalue weighted by atomic mass is 32.2. The summed E-state index contributed by atoms with van der Waals surface area (Å²) in [4.78, 5) is 38.2. The van der Waals surface area contributed by atoms with Gasteiger partial charge in [-0.3, -0.25) is 14.5 Å². The summed E-state index contributed by atoms with van der Waals surface area (Å²) in [5.41, 5.74) is -1.02. The molecule has 4 amide bonds. The Labute approximate surface area is 179 Å². The molecule has 2 N–H and O–H groups in total. The Balaban J connectivity index is 1.68. The van der Waals surface area contributed by atoms with Gasteiger partial charge < -0.3 is 10.6 Å². The van der Waals surface area contributed by atoms with Crippen LogP contribution in [-0.2, 0) is 19.4 Å². The van der Waals surface area contributed by atoms with Crippen LogP contribution in [0.2, 0.25) is 0 Å². The lowest BCUT2D eigenvalue weighted by Gasteiger charge is -2.43. The van der Waals surface area contributed by atoms with Crippen LogP contribution in [0.5, 0.6) is 0 Å². The fourth-order valence-electron chi connectivity index (χ4n) is 4.82. The number of sulfone groups is 1. The third kappa shape index (κ3) is 4.56. The predicted octanol–water partition coefficient (Wildman–Crippen LogP) is 2.76. The molecule has 1 aliphatic carbocycles. The van der Waals surface area contributed by atoms with Crippen molar-refractivity contribution in [3.63, 3.8) is 0 Å². The van der Waals surface area contributed by atoms with Gasteiger partial charge in [-0.15, -0.1) is 0 Å². The summed E-state index contributed by atoms with van der Waals surface area (Å²) in [5.74, 6) is -4.43. The van der Waals surface area contributed by atoms with E-state index in [1.54, 1.807) is 0 Å². The molecule has 0 unspecified atom stereocenters. The van der Waals surface area contributed by atoms with Gasteiger partial charge in [-0.05, 0) is 54.9 Å². The van der Waals surface area contributed by atoms with Crippen molar-refractivity contribution in [1.29, 1.82) is 0 Å². The van der Waals surface area contributed by atoms with Crippen molar-refractivity contribution < 1.29 is 31.6 Å². The number of imide groups is 1. The van der Waals surface area contributed by atoms with Gasteiger partial charge in [0.25, 0.3) is 5.91 Å². The molecule has 1 aromatic rings. The Hall–Kier alpha value is -2.56. The topological polar surface area (TPSA) is 113 Å². The number of carbonyl (C=O) groups is 3. The fraction of sp³-hybridized carbons (Fsp3) is 0.550. The first-order valence-electron chi connectivity index (χ1n) is 9.82. The molecule has 8 nitrogen and oxygen atoms in total. The van der Waals surface area contributed by atoms with Gasteiger partial charge in [-0.1, -0.05) is 20.8 Å². The van der Waals surface area contributed by atoms with Crippen molar-refractivity contribution in [2.75, 3.05) is 11.9 Å². The third-order valence-electron chi connectivity index (χ3n) is 5.63. The molecule has 31 heavy (non-hydrogen) atoms. The van der Waals surface area contributed by atoms with E-state index in [-0.39, 0.29) is 17.0 Å². The van der Waals surface area contributed by atoms with E-state index in [2.05, 4.69) is 10.6 Å². The van der Waals surface area contributed by atoms with E-state index < -0.39 is 50.4 Å². The number of rotatable bonds is 5.